The number of morpholine rings is 1. The Kier molecular flexibility index (Phi) is 4.23. The van der Waals surface area contributed by atoms with E-state index in [9.17, 15) is 8.78 Å². The molecule has 1 aromatic carbocycles. The van der Waals surface area contributed by atoms with Gasteiger partial charge in [0, 0.05) is 18.7 Å². The van der Waals surface area contributed by atoms with Crippen molar-refractivity contribution < 1.29 is 13.5 Å². The molecule has 1 heterocycles. The van der Waals surface area contributed by atoms with Gasteiger partial charge in [0.2, 0.25) is 0 Å². The van der Waals surface area contributed by atoms with E-state index in [-0.39, 0.29) is 11.7 Å². The van der Waals surface area contributed by atoms with Crippen LogP contribution in [0.3, 0.4) is 0 Å². The van der Waals surface area contributed by atoms with E-state index in [0.717, 1.165) is 6.54 Å². The van der Waals surface area contributed by atoms with Gasteiger partial charge in [-0.2, -0.15) is 0 Å². The number of nitrogens with one attached hydrogen (secondary N) is 1. The molecule has 4 nitrogen and oxygen atoms in total. The van der Waals surface area contributed by atoms with Crippen LogP contribution in [-0.4, -0.2) is 37.7 Å². The Morgan fingerprint density at radius 1 is 1.44 bits per heavy atom. The molecule has 2 rings (SSSR count). The van der Waals surface area contributed by atoms with Crippen LogP contribution in [0.25, 0.3) is 0 Å². The molecule has 2 atom stereocenters. The summed E-state index contributed by atoms with van der Waals surface area (Å²) in [7, 11) is 1.93. The van der Waals surface area contributed by atoms with Gasteiger partial charge in [0.25, 0.3) is 0 Å². The molecule has 0 aliphatic carbocycles. The number of hydrazine groups is 1. The van der Waals surface area contributed by atoms with Gasteiger partial charge in [-0.25, -0.2) is 8.78 Å². The molecule has 1 aromatic rings. The Morgan fingerprint density at radius 3 is 2.67 bits per heavy atom. The van der Waals surface area contributed by atoms with Crippen molar-refractivity contribution in [3.05, 3.63) is 35.4 Å². The number of rotatable bonds is 3. The molecule has 3 N–H and O–H groups in total. The van der Waals surface area contributed by atoms with E-state index in [1.165, 1.54) is 18.2 Å². The highest BCUT2D eigenvalue weighted by Crippen LogP contribution is 2.26. The third-order valence-corrected chi connectivity index (χ3v) is 3.16. The first kappa shape index (κ1) is 13.4. The van der Waals surface area contributed by atoms with Crippen LogP contribution in [-0.2, 0) is 4.74 Å². The van der Waals surface area contributed by atoms with Crippen molar-refractivity contribution in [3.8, 4) is 0 Å². The van der Waals surface area contributed by atoms with Crippen LogP contribution in [0, 0.1) is 11.6 Å². The molecular formula is C12H17F2N3O. The summed E-state index contributed by atoms with van der Waals surface area (Å²) in [4.78, 5) is 2.04. The van der Waals surface area contributed by atoms with Crippen molar-refractivity contribution in [2.24, 2.45) is 5.84 Å². The largest absolute Gasteiger partial charge is 0.374 e. The Bertz CT molecular complexity index is 396. The van der Waals surface area contributed by atoms with Crippen molar-refractivity contribution in [1.29, 1.82) is 0 Å². The lowest BCUT2D eigenvalue weighted by atomic mass is 9.99. The van der Waals surface area contributed by atoms with Gasteiger partial charge in [0.05, 0.1) is 18.8 Å². The Hall–Kier alpha value is -1.08. The number of nitrogens with zero attached hydrogens (tertiary/aromatic N) is 1. The zero-order valence-corrected chi connectivity index (χ0v) is 10.2. The maximum absolute atomic E-state index is 13.7. The molecule has 1 aliphatic heterocycles. The van der Waals surface area contributed by atoms with E-state index in [4.69, 9.17) is 10.6 Å². The molecule has 18 heavy (non-hydrogen) atoms. The van der Waals surface area contributed by atoms with Crippen molar-refractivity contribution in [2.75, 3.05) is 26.7 Å². The van der Waals surface area contributed by atoms with Crippen LogP contribution in [0.1, 0.15) is 11.6 Å². The monoisotopic (exact) mass is 257 g/mol. The molecule has 1 aliphatic rings. The zero-order chi connectivity index (χ0) is 13.1. The summed E-state index contributed by atoms with van der Waals surface area (Å²) in [5.74, 6) is 4.21. The number of hydrogen-bond donors (Lipinski definition) is 2. The van der Waals surface area contributed by atoms with Gasteiger partial charge in [-0.05, 0) is 19.2 Å². The molecule has 2 unspecified atom stereocenters. The molecule has 0 radical (unpaired) electrons. The zero-order valence-electron chi connectivity index (χ0n) is 10.2. The lowest BCUT2D eigenvalue weighted by Crippen LogP contribution is -2.48. The van der Waals surface area contributed by atoms with Gasteiger partial charge in [-0.15, -0.1) is 0 Å². The Morgan fingerprint density at radius 2 is 2.11 bits per heavy atom. The SMILES string of the molecule is CN1CCOC(C(NN)c2c(F)cccc2F)C1. The highest BCUT2D eigenvalue weighted by Gasteiger charge is 2.31. The number of ether oxygens (including phenoxy) is 1. The minimum absolute atomic E-state index is 0.0692. The molecule has 0 amide bonds. The predicted molar refractivity (Wildman–Crippen MR) is 63.7 cm³/mol. The minimum atomic E-state index is -0.700. The summed E-state index contributed by atoms with van der Waals surface area (Å²) in [5.41, 5.74) is 2.39. The second-order valence-electron chi connectivity index (χ2n) is 4.45. The minimum Gasteiger partial charge on any atom is -0.374 e. The van der Waals surface area contributed by atoms with Gasteiger partial charge in [-0.1, -0.05) is 6.07 Å². The van der Waals surface area contributed by atoms with Crippen molar-refractivity contribution in [2.45, 2.75) is 12.1 Å². The topological polar surface area (TPSA) is 50.5 Å². The molecule has 0 spiro atoms. The summed E-state index contributed by atoms with van der Waals surface area (Å²) in [6.07, 6.45) is -0.375. The molecule has 1 saturated heterocycles. The summed E-state index contributed by atoms with van der Waals surface area (Å²) in [6, 6.07) is 3.06. The molecular weight excluding hydrogens is 240 g/mol. The predicted octanol–water partition coefficient (Wildman–Crippen LogP) is 0.800. The van der Waals surface area contributed by atoms with Crippen LogP contribution < -0.4 is 11.3 Å². The summed E-state index contributed by atoms with van der Waals surface area (Å²) in [6.45, 7) is 1.89. The second-order valence-corrected chi connectivity index (χ2v) is 4.45. The van der Waals surface area contributed by atoms with Gasteiger partial charge in [0.15, 0.2) is 0 Å². The maximum atomic E-state index is 13.7. The quantitative estimate of drug-likeness (QED) is 0.621. The van der Waals surface area contributed by atoms with Crippen LogP contribution >= 0.6 is 0 Å². The highest BCUT2D eigenvalue weighted by molar-refractivity contribution is 5.24. The average molecular weight is 257 g/mol. The van der Waals surface area contributed by atoms with Gasteiger partial charge in [-0.3, -0.25) is 11.3 Å². The molecule has 100 valence electrons. The van der Waals surface area contributed by atoms with Crippen molar-refractivity contribution in [1.82, 2.24) is 10.3 Å². The van der Waals surface area contributed by atoms with Crippen molar-refractivity contribution in [3.63, 3.8) is 0 Å². The molecule has 0 saturated carbocycles. The normalized spacial score (nSPS) is 23.0. The molecule has 0 bridgehead atoms. The first-order valence-corrected chi connectivity index (χ1v) is 5.83. The van der Waals surface area contributed by atoms with E-state index in [1.54, 1.807) is 0 Å². The summed E-state index contributed by atoms with van der Waals surface area (Å²) >= 11 is 0. The second kappa shape index (κ2) is 5.71. The van der Waals surface area contributed by atoms with E-state index in [0.29, 0.717) is 13.2 Å². The number of benzene rings is 1. The number of halogens is 2. The van der Waals surface area contributed by atoms with E-state index in [2.05, 4.69) is 5.43 Å². The number of likely N-dealkylation sites (N-methyl/N-ethyl adjacent to an activating group) is 1. The Labute approximate surface area is 105 Å². The molecule has 0 aromatic heterocycles. The fourth-order valence-electron chi connectivity index (χ4n) is 2.20. The fourth-order valence-corrected chi connectivity index (χ4v) is 2.20. The Balaban J connectivity index is 2.27. The third kappa shape index (κ3) is 2.67. The van der Waals surface area contributed by atoms with Crippen LogP contribution in [0.5, 0.6) is 0 Å². The van der Waals surface area contributed by atoms with Gasteiger partial charge in [0.1, 0.15) is 11.6 Å². The fraction of sp³-hybridized carbons (Fsp3) is 0.500. The standard InChI is InChI=1S/C12H17F2N3O/c1-17-5-6-18-10(7-17)12(16-15)11-8(13)3-2-4-9(11)14/h2-4,10,12,16H,5-7,15H2,1H3. The first-order chi connectivity index (χ1) is 8.63. The molecule has 1 fully saturated rings. The lowest BCUT2D eigenvalue weighted by Gasteiger charge is -2.35. The van der Waals surface area contributed by atoms with Gasteiger partial charge < -0.3 is 9.64 Å². The maximum Gasteiger partial charge on any atom is 0.131 e. The number of hydrogen-bond acceptors (Lipinski definition) is 4. The highest BCUT2D eigenvalue weighted by atomic mass is 19.1. The summed E-state index contributed by atoms with van der Waals surface area (Å²) < 4.78 is 33.0. The van der Waals surface area contributed by atoms with Gasteiger partial charge >= 0.3 is 0 Å². The summed E-state index contributed by atoms with van der Waals surface area (Å²) in [5, 5.41) is 0. The average Bonchev–Trinajstić information content (AvgIpc) is 2.34. The van der Waals surface area contributed by atoms with Crippen LogP contribution in [0.4, 0.5) is 8.78 Å². The molecule has 6 heteroatoms. The first-order valence-electron chi connectivity index (χ1n) is 5.83. The smallest absolute Gasteiger partial charge is 0.131 e. The van der Waals surface area contributed by atoms with E-state index in [1.807, 2.05) is 11.9 Å². The van der Waals surface area contributed by atoms with E-state index >= 15 is 0 Å². The van der Waals surface area contributed by atoms with Crippen molar-refractivity contribution >= 4 is 0 Å². The van der Waals surface area contributed by atoms with Crippen LogP contribution in [0.2, 0.25) is 0 Å². The van der Waals surface area contributed by atoms with Crippen LogP contribution in [0.15, 0.2) is 18.2 Å². The lowest BCUT2D eigenvalue weighted by molar-refractivity contribution is -0.0404. The third-order valence-electron chi connectivity index (χ3n) is 3.16. The van der Waals surface area contributed by atoms with E-state index < -0.39 is 17.7 Å². The number of nitrogens with two attached hydrogens (primary N) is 1.